The lowest BCUT2D eigenvalue weighted by atomic mass is 10.2. The largest absolute Gasteiger partial charge is 0.455 e. The Morgan fingerprint density at radius 1 is 1.17 bits per heavy atom. The molecule has 0 radical (unpaired) electrons. The minimum Gasteiger partial charge on any atom is -0.455 e. The van der Waals surface area contributed by atoms with Crippen molar-refractivity contribution in [2.24, 2.45) is 5.10 Å². The second-order valence-corrected chi connectivity index (χ2v) is 5.59. The van der Waals surface area contributed by atoms with Gasteiger partial charge in [-0.25, -0.2) is 5.43 Å². The zero-order chi connectivity index (χ0) is 16.9. The first kappa shape index (κ1) is 16.2. The van der Waals surface area contributed by atoms with Crippen molar-refractivity contribution in [2.45, 2.75) is 0 Å². The fourth-order valence-electron chi connectivity index (χ4n) is 1.94. The Morgan fingerprint density at radius 3 is 2.79 bits per heavy atom. The molecule has 0 spiro atoms. The number of benzene rings is 1. The van der Waals surface area contributed by atoms with Gasteiger partial charge in [-0.2, -0.15) is 5.10 Å². The van der Waals surface area contributed by atoms with E-state index in [-0.39, 0.29) is 5.91 Å². The van der Waals surface area contributed by atoms with Gasteiger partial charge in [-0.1, -0.05) is 23.2 Å². The summed E-state index contributed by atoms with van der Waals surface area (Å²) in [5.41, 5.74) is 3.62. The molecule has 0 aliphatic rings. The van der Waals surface area contributed by atoms with Gasteiger partial charge in [0.05, 0.1) is 21.8 Å². The number of halogens is 2. The molecule has 0 bridgehead atoms. The summed E-state index contributed by atoms with van der Waals surface area (Å²) in [6.07, 6.45) is 4.46. The number of nitrogens with one attached hydrogen (secondary N) is 1. The molecule has 0 unspecified atom stereocenters. The van der Waals surface area contributed by atoms with Gasteiger partial charge in [-0.15, -0.1) is 0 Å². The van der Waals surface area contributed by atoms with Gasteiger partial charge in [0.15, 0.2) is 0 Å². The summed E-state index contributed by atoms with van der Waals surface area (Å²) < 4.78 is 5.64. The maximum absolute atomic E-state index is 11.8. The fraction of sp³-hybridized carbons (Fsp3) is 0. The fourth-order valence-corrected chi connectivity index (χ4v) is 2.24. The molecule has 5 nitrogen and oxygen atoms in total. The molecule has 1 amide bonds. The molecule has 2 aromatic heterocycles. The normalized spacial score (nSPS) is 10.9. The Labute approximate surface area is 147 Å². The molecule has 7 heteroatoms. The minimum atomic E-state index is -0.351. The van der Waals surface area contributed by atoms with Crippen LogP contribution in [0.4, 0.5) is 0 Å². The van der Waals surface area contributed by atoms with Crippen LogP contribution < -0.4 is 5.43 Å². The number of hydrazone groups is 1. The number of amides is 1. The second kappa shape index (κ2) is 7.29. The zero-order valence-corrected chi connectivity index (χ0v) is 13.8. The summed E-state index contributed by atoms with van der Waals surface area (Å²) in [5, 5.41) is 4.79. The van der Waals surface area contributed by atoms with Crippen LogP contribution in [-0.2, 0) is 0 Å². The van der Waals surface area contributed by atoms with Gasteiger partial charge >= 0.3 is 0 Å². The molecule has 0 aliphatic heterocycles. The molecule has 0 saturated heterocycles. The second-order valence-electron chi connectivity index (χ2n) is 4.77. The highest BCUT2D eigenvalue weighted by molar-refractivity contribution is 6.42. The third-order valence-electron chi connectivity index (χ3n) is 3.11. The van der Waals surface area contributed by atoms with Gasteiger partial charge in [0.2, 0.25) is 0 Å². The van der Waals surface area contributed by atoms with E-state index in [9.17, 15) is 4.79 Å². The summed E-state index contributed by atoms with van der Waals surface area (Å²) in [4.78, 5) is 15.7. The lowest BCUT2D eigenvalue weighted by Crippen LogP contribution is -2.17. The summed E-state index contributed by atoms with van der Waals surface area (Å²) in [6.45, 7) is 0. The van der Waals surface area contributed by atoms with Crippen molar-refractivity contribution in [1.82, 2.24) is 10.4 Å². The van der Waals surface area contributed by atoms with Crippen molar-refractivity contribution >= 4 is 35.3 Å². The van der Waals surface area contributed by atoms with Crippen LogP contribution in [-0.4, -0.2) is 17.1 Å². The summed E-state index contributed by atoms with van der Waals surface area (Å²) >= 11 is 11.9. The average Bonchev–Trinajstić information content (AvgIpc) is 3.07. The number of rotatable bonds is 4. The molecule has 1 aromatic carbocycles. The highest BCUT2D eigenvalue weighted by Crippen LogP contribution is 2.29. The van der Waals surface area contributed by atoms with Crippen LogP contribution in [0, 0.1) is 0 Å². The molecule has 0 atom stereocenters. The first-order valence-corrected chi connectivity index (χ1v) is 7.68. The van der Waals surface area contributed by atoms with Crippen LogP contribution in [0.5, 0.6) is 0 Å². The lowest BCUT2D eigenvalue weighted by Gasteiger charge is -1.99. The van der Waals surface area contributed by atoms with Gasteiger partial charge < -0.3 is 4.42 Å². The van der Waals surface area contributed by atoms with E-state index in [1.807, 2.05) is 0 Å². The van der Waals surface area contributed by atoms with E-state index in [4.69, 9.17) is 27.6 Å². The first-order chi connectivity index (χ1) is 11.6. The number of hydrogen-bond acceptors (Lipinski definition) is 4. The molecule has 1 N–H and O–H groups in total. The monoisotopic (exact) mass is 359 g/mol. The topological polar surface area (TPSA) is 67.5 Å². The van der Waals surface area contributed by atoms with Crippen molar-refractivity contribution in [2.75, 3.05) is 0 Å². The quantitative estimate of drug-likeness (QED) is 0.554. The highest BCUT2D eigenvalue weighted by atomic mass is 35.5. The Morgan fingerprint density at radius 2 is 2.04 bits per heavy atom. The van der Waals surface area contributed by atoms with E-state index >= 15 is 0 Å². The van der Waals surface area contributed by atoms with Crippen molar-refractivity contribution in [3.8, 4) is 11.3 Å². The summed E-state index contributed by atoms with van der Waals surface area (Å²) in [5.74, 6) is 0.756. The van der Waals surface area contributed by atoms with E-state index in [2.05, 4.69) is 15.5 Å². The molecule has 3 aromatic rings. The average molecular weight is 360 g/mol. The Hall–Kier alpha value is -2.63. The third kappa shape index (κ3) is 3.82. The molecule has 3 rings (SSSR count). The maximum atomic E-state index is 11.8. The lowest BCUT2D eigenvalue weighted by molar-refractivity contribution is 0.0955. The van der Waals surface area contributed by atoms with E-state index in [0.29, 0.717) is 27.1 Å². The van der Waals surface area contributed by atoms with Crippen LogP contribution in [0.15, 0.2) is 64.4 Å². The van der Waals surface area contributed by atoms with E-state index < -0.39 is 0 Å². The molecule has 0 fully saturated rings. The predicted octanol–water partition coefficient (Wildman–Crippen LogP) is 4.41. The number of hydrogen-bond donors (Lipinski definition) is 1. The number of pyridine rings is 1. The molecule has 0 saturated carbocycles. The van der Waals surface area contributed by atoms with Crippen LogP contribution in [0.25, 0.3) is 11.3 Å². The van der Waals surface area contributed by atoms with Gasteiger partial charge in [0.25, 0.3) is 5.91 Å². The molecule has 0 aliphatic carbocycles. The summed E-state index contributed by atoms with van der Waals surface area (Å²) in [7, 11) is 0. The minimum absolute atomic E-state index is 0.351. The van der Waals surface area contributed by atoms with Crippen molar-refractivity contribution in [1.29, 1.82) is 0 Å². The standard InChI is InChI=1S/C17H11Cl2N3O2/c18-14-5-3-11(8-15(14)19)16-6-4-13(24-16)10-21-22-17(23)12-2-1-7-20-9-12/h1-10H,(H,22,23)/b21-10-. The van der Waals surface area contributed by atoms with Crippen LogP contribution in [0.2, 0.25) is 10.0 Å². The smallest absolute Gasteiger partial charge is 0.272 e. The summed E-state index contributed by atoms with van der Waals surface area (Å²) in [6, 6.07) is 12.1. The number of carbonyl (C=O) groups excluding carboxylic acids is 1. The van der Waals surface area contributed by atoms with Gasteiger partial charge in [-0.3, -0.25) is 9.78 Å². The van der Waals surface area contributed by atoms with E-state index in [1.165, 1.54) is 12.4 Å². The Bertz CT molecular complexity index is 892. The van der Waals surface area contributed by atoms with E-state index in [1.54, 1.807) is 48.7 Å². The first-order valence-electron chi connectivity index (χ1n) is 6.92. The molecular formula is C17H11Cl2N3O2. The van der Waals surface area contributed by atoms with Crippen LogP contribution >= 0.6 is 23.2 Å². The SMILES string of the molecule is O=C(N/N=C\c1ccc(-c2ccc(Cl)c(Cl)c2)o1)c1cccnc1. The number of nitrogens with zero attached hydrogens (tertiary/aromatic N) is 2. The molecule has 24 heavy (non-hydrogen) atoms. The van der Waals surface area contributed by atoms with E-state index in [0.717, 1.165) is 5.56 Å². The Kier molecular flexibility index (Phi) is 4.93. The van der Waals surface area contributed by atoms with Crippen molar-refractivity contribution in [3.05, 3.63) is 76.2 Å². The number of aromatic nitrogens is 1. The van der Waals surface area contributed by atoms with Crippen LogP contribution in [0.3, 0.4) is 0 Å². The predicted molar refractivity (Wildman–Crippen MR) is 93.5 cm³/mol. The molecule has 2 heterocycles. The zero-order valence-electron chi connectivity index (χ0n) is 12.2. The van der Waals surface area contributed by atoms with Crippen molar-refractivity contribution < 1.29 is 9.21 Å². The van der Waals surface area contributed by atoms with Gasteiger partial charge in [-0.05, 0) is 42.5 Å². The number of furan rings is 1. The van der Waals surface area contributed by atoms with Crippen LogP contribution in [0.1, 0.15) is 16.1 Å². The maximum Gasteiger partial charge on any atom is 0.272 e. The third-order valence-corrected chi connectivity index (χ3v) is 3.85. The highest BCUT2D eigenvalue weighted by Gasteiger charge is 2.07. The van der Waals surface area contributed by atoms with Gasteiger partial charge in [0, 0.05) is 18.0 Å². The van der Waals surface area contributed by atoms with Crippen molar-refractivity contribution in [3.63, 3.8) is 0 Å². The number of carbonyl (C=O) groups is 1. The molecule has 120 valence electrons. The Balaban J connectivity index is 1.67. The van der Waals surface area contributed by atoms with Gasteiger partial charge in [0.1, 0.15) is 11.5 Å². The molecular weight excluding hydrogens is 349 g/mol.